The van der Waals surface area contributed by atoms with Crippen molar-refractivity contribution in [1.29, 1.82) is 0 Å². The Labute approximate surface area is 129 Å². The van der Waals surface area contributed by atoms with Gasteiger partial charge in [0.2, 0.25) is 0 Å². The molecule has 22 heavy (non-hydrogen) atoms. The fourth-order valence-electron chi connectivity index (χ4n) is 3.26. The third-order valence-corrected chi connectivity index (χ3v) is 4.37. The molecule has 0 spiro atoms. The van der Waals surface area contributed by atoms with Crippen molar-refractivity contribution in [2.24, 2.45) is 0 Å². The predicted octanol–water partition coefficient (Wildman–Crippen LogP) is 3.01. The summed E-state index contributed by atoms with van der Waals surface area (Å²) in [6.45, 7) is 1.30. The maximum Gasteiger partial charge on any atom is 0.319 e. The number of carbonyl (C=O) groups excluding carboxylic acids is 1. The van der Waals surface area contributed by atoms with E-state index in [9.17, 15) is 4.79 Å². The van der Waals surface area contributed by atoms with Crippen molar-refractivity contribution >= 4 is 11.7 Å². The Balaban J connectivity index is 1.38. The number of ether oxygens (including phenoxy) is 1. The minimum Gasteiger partial charge on any atom is -0.372 e. The highest BCUT2D eigenvalue weighted by atomic mass is 16.5. The first-order valence-electron chi connectivity index (χ1n) is 7.62. The molecule has 1 aliphatic carbocycles. The lowest BCUT2D eigenvalue weighted by Crippen LogP contribution is -2.38. The van der Waals surface area contributed by atoms with Crippen molar-refractivity contribution in [2.75, 3.05) is 5.32 Å². The first kappa shape index (κ1) is 13.3. The van der Waals surface area contributed by atoms with Crippen molar-refractivity contribution in [1.82, 2.24) is 5.32 Å². The molecule has 0 saturated carbocycles. The Bertz CT molecular complexity index is 702. The molecule has 112 valence electrons. The number of benzene rings is 2. The number of carbonyl (C=O) groups is 1. The van der Waals surface area contributed by atoms with Crippen molar-refractivity contribution in [3.8, 4) is 0 Å². The first-order chi connectivity index (χ1) is 10.8. The van der Waals surface area contributed by atoms with E-state index in [1.54, 1.807) is 0 Å². The van der Waals surface area contributed by atoms with Gasteiger partial charge in [-0.1, -0.05) is 30.3 Å². The molecule has 0 unspecified atom stereocenters. The van der Waals surface area contributed by atoms with Crippen LogP contribution in [0, 0.1) is 0 Å². The van der Waals surface area contributed by atoms with Gasteiger partial charge in [-0.25, -0.2) is 4.79 Å². The van der Waals surface area contributed by atoms with E-state index in [0.29, 0.717) is 13.2 Å². The van der Waals surface area contributed by atoms with Gasteiger partial charge in [0.15, 0.2) is 0 Å². The molecule has 0 atom stereocenters. The lowest BCUT2D eigenvalue weighted by atomic mass is 10.1. The molecule has 0 aromatic heterocycles. The van der Waals surface area contributed by atoms with E-state index in [0.717, 1.165) is 24.1 Å². The molecule has 0 radical (unpaired) electrons. The standard InChI is InChI=1S/C18H18N2O2/c21-18(19-16-6-5-14-10-22-11-15(14)9-16)20-17-7-12-3-1-2-4-13(12)8-17/h1-6,9,17H,7-8,10-11H2,(H2,19,20,21). The van der Waals surface area contributed by atoms with Gasteiger partial charge in [0.25, 0.3) is 0 Å². The number of fused-ring (bicyclic) bond motifs is 2. The van der Waals surface area contributed by atoms with Crippen LogP contribution in [0.25, 0.3) is 0 Å². The fourth-order valence-corrected chi connectivity index (χ4v) is 3.26. The molecule has 4 nitrogen and oxygen atoms in total. The predicted molar refractivity (Wildman–Crippen MR) is 84.7 cm³/mol. The number of rotatable bonds is 2. The van der Waals surface area contributed by atoms with Crippen LogP contribution < -0.4 is 10.6 Å². The van der Waals surface area contributed by atoms with E-state index in [2.05, 4.69) is 22.8 Å². The summed E-state index contributed by atoms with van der Waals surface area (Å²) in [4.78, 5) is 12.2. The molecule has 1 heterocycles. The third kappa shape index (κ3) is 2.57. The van der Waals surface area contributed by atoms with E-state index in [-0.39, 0.29) is 12.1 Å². The zero-order valence-corrected chi connectivity index (χ0v) is 12.3. The largest absolute Gasteiger partial charge is 0.372 e. The van der Waals surface area contributed by atoms with Crippen LogP contribution in [0.15, 0.2) is 42.5 Å². The van der Waals surface area contributed by atoms with Crippen molar-refractivity contribution in [2.45, 2.75) is 32.1 Å². The lowest BCUT2D eigenvalue weighted by Gasteiger charge is -2.13. The average Bonchev–Trinajstić information content (AvgIpc) is 3.11. The van der Waals surface area contributed by atoms with Gasteiger partial charge in [-0.3, -0.25) is 0 Å². The van der Waals surface area contributed by atoms with Gasteiger partial charge in [0.1, 0.15) is 0 Å². The molecule has 0 fully saturated rings. The Morgan fingerprint density at radius 1 is 0.955 bits per heavy atom. The minimum absolute atomic E-state index is 0.142. The van der Waals surface area contributed by atoms with Gasteiger partial charge in [0.05, 0.1) is 13.2 Å². The summed E-state index contributed by atoms with van der Waals surface area (Å²) >= 11 is 0. The van der Waals surface area contributed by atoms with Crippen LogP contribution in [-0.2, 0) is 30.8 Å². The van der Waals surface area contributed by atoms with Crippen molar-refractivity contribution in [3.63, 3.8) is 0 Å². The molecule has 0 saturated heterocycles. The molecule has 2 N–H and O–H groups in total. The topological polar surface area (TPSA) is 50.4 Å². The normalized spacial score (nSPS) is 16.2. The number of hydrogen-bond acceptors (Lipinski definition) is 2. The molecule has 2 aromatic rings. The highest BCUT2D eigenvalue weighted by Gasteiger charge is 2.22. The van der Waals surface area contributed by atoms with E-state index in [1.165, 1.54) is 16.7 Å². The van der Waals surface area contributed by atoms with Crippen LogP contribution in [0.3, 0.4) is 0 Å². The first-order valence-corrected chi connectivity index (χ1v) is 7.62. The van der Waals surface area contributed by atoms with Gasteiger partial charge in [-0.05, 0) is 47.2 Å². The Morgan fingerprint density at radius 2 is 1.68 bits per heavy atom. The second kappa shape index (κ2) is 5.46. The SMILES string of the molecule is O=C(Nc1ccc2c(c1)COC2)NC1Cc2ccccc2C1. The smallest absolute Gasteiger partial charge is 0.319 e. The molecule has 1 aliphatic heterocycles. The molecule has 2 aromatic carbocycles. The second-order valence-corrected chi connectivity index (χ2v) is 5.95. The summed E-state index contributed by atoms with van der Waals surface area (Å²) in [5, 5.41) is 5.98. The zero-order chi connectivity index (χ0) is 14.9. The number of anilines is 1. The molecular formula is C18H18N2O2. The molecule has 0 bridgehead atoms. The Kier molecular flexibility index (Phi) is 3.31. The van der Waals surface area contributed by atoms with E-state index >= 15 is 0 Å². The molecule has 2 aliphatic rings. The lowest BCUT2D eigenvalue weighted by molar-refractivity contribution is 0.134. The van der Waals surface area contributed by atoms with Crippen LogP contribution in [0.4, 0.5) is 10.5 Å². The van der Waals surface area contributed by atoms with Crippen LogP contribution in [0.5, 0.6) is 0 Å². The van der Waals surface area contributed by atoms with Gasteiger partial charge in [0, 0.05) is 11.7 Å². The van der Waals surface area contributed by atoms with Crippen LogP contribution >= 0.6 is 0 Å². The fraction of sp³-hybridized carbons (Fsp3) is 0.278. The second-order valence-electron chi connectivity index (χ2n) is 5.95. The monoisotopic (exact) mass is 294 g/mol. The minimum atomic E-state index is -0.142. The zero-order valence-electron chi connectivity index (χ0n) is 12.3. The summed E-state index contributed by atoms with van der Waals surface area (Å²) in [5.41, 5.74) is 5.85. The number of hydrogen-bond donors (Lipinski definition) is 2. The molecule has 4 heteroatoms. The summed E-state index contributed by atoms with van der Waals surface area (Å²) in [7, 11) is 0. The van der Waals surface area contributed by atoms with E-state index < -0.39 is 0 Å². The van der Waals surface area contributed by atoms with Crippen molar-refractivity contribution < 1.29 is 9.53 Å². The summed E-state index contributed by atoms with van der Waals surface area (Å²) in [5.74, 6) is 0. The maximum atomic E-state index is 12.2. The summed E-state index contributed by atoms with van der Waals surface area (Å²) in [6.07, 6.45) is 1.81. The average molecular weight is 294 g/mol. The number of nitrogens with one attached hydrogen (secondary N) is 2. The highest BCUT2D eigenvalue weighted by molar-refractivity contribution is 5.89. The van der Waals surface area contributed by atoms with Gasteiger partial charge in [-0.15, -0.1) is 0 Å². The van der Waals surface area contributed by atoms with Gasteiger partial charge >= 0.3 is 6.03 Å². The van der Waals surface area contributed by atoms with Crippen LogP contribution in [0.1, 0.15) is 22.3 Å². The Morgan fingerprint density at radius 3 is 2.45 bits per heavy atom. The van der Waals surface area contributed by atoms with Gasteiger partial charge < -0.3 is 15.4 Å². The highest BCUT2D eigenvalue weighted by Crippen LogP contribution is 2.24. The third-order valence-electron chi connectivity index (χ3n) is 4.37. The maximum absolute atomic E-state index is 12.2. The molecule has 2 amide bonds. The van der Waals surface area contributed by atoms with E-state index in [1.807, 2.05) is 30.3 Å². The van der Waals surface area contributed by atoms with E-state index in [4.69, 9.17) is 4.74 Å². The van der Waals surface area contributed by atoms with Crippen molar-refractivity contribution in [3.05, 3.63) is 64.7 Å². The van der Waals surface area contributed by atoms with Crippen LogP contribution in [0.2, 0.25) is 0 Å². The number of amides is 2. The summed E-state index contributed by atoms with van der Waals surface area (Å²) in [6, 6.07) is 14.3. The van der Waals surface area contributed by atoms with Gasteiger partial charge in [-0.2, -0.15) is 0 Å². The molecular weight excluding hydrogens is 276 g/mol. The number of urea groups is 1. The molecule has 4 rings (SSSR count). The summed E-state index contributed by atoms with van der Waals surface area (Å²) < 4.78 is 5.39. The van der Waals surface area contributed by atoms with Crippen LogP contribution in [-0.4, -0.2) is 12.1 Å². The quantitative estimate of drug-likeness (QED) is 0.894. The Hall–Kier alpha value is -2.33.